The van der Waals surface area contributed by atoms with Gasteiger partial charge < -0.3 is 14.9 Å². The molecule has 2 N–H and O–H groups in total. The number of hydrogen-bond donors (Lipinski definition) is 2. The highest BCUT2D eigenvalue weighted by Crippen LogP contribution is 2.24. The zero-order valence-electron chi connectivity index (χ0n) is 13.4. The molecule has 1 amide bonds. The van der Waals surface area contributed by atoms with Crippen LogP contribution < -0.4 is 5.32 Å². The van der Waals surface area contributed by atoms with Crippen LogP contribution in [0.15, 0.2) is 45.6 Å². The Morgan fingerprint density at radius 3 is 2.58 bits per heavy atom. The summed E-state index contributed by atoms with van der Waals surface area (Å²) in [6.45, 7) is 3.53. The topological polar surface area (TPSA) is 75.4 Å². The summed E-state index contributed by atoms with van der Waals surface area (Å²) in [6.07, 6.45) is -0.772. The first-order chi connectivity index (χ1) is 11.6. The third kappa shape index (κ3) is 3.39. The third-order valence-corrected chi connectivity index (χ3v) is 4.55. The van der Waals surface area contributed by atoms with E-state index < -0.39 is 6.10 Å². The minimum absolute atomic E-state index is 0.126. The number of nitrogens with one attached hydrogen (secondary N) is 1. The second-order valence-electron chi connectivity index (χ2n) is 5.56. The van der Waals surface area contributed by atoms with E-state index in [2.05, 4.69) is 21.9 Å². The Kier molecular flexibility index (Phi) is 4.78. The molecule has 0 aliphatic heterocycles. The molecule has 1 atom stereocenters. The second-order valence-corrected chi connectivity index (χ2v) is 6.34. The number of nitrogens with zero attached hydrogens (tertiary/aromatic N) is 1. The van der Waals surface area contributed by atoms with E-state index in [0.717, 1.165) is 16.7 Å². The van der Waals surface area contributed by atoms with E-state index in [4.69, 9.17) is 4.52 Å². The number of aromatic nitrogens is 1. The molecule has 3 rings (SSSR count). The lowest BCUT2D eigenvalue weighted by molar-refractivity contribution is 0.0914. The number of aliphatic hydroxyl groups is 1. The molecular weight excluding hydrogens is 324 g/mol. The maximum absolute atomic E-state index is 12.2. The van der Waals surface area contributed by atoms with E-state index in [-0.39, 0.29) is 12.5 Å². The first-order valence-electron chi connectivity index (χ1n) is 7.58. The van der Waals surface area contributed by atoms with E-state index in [1.807, 2.05) is 29.6 Å². The molecule has 124 valence electrons. The van der Waals surface area contributed by atoms with E-state index in [9.17, 15) is 9.90 Å². The average Bonchev–Trinajstić information content (AvgIpc) is 3.23. The molecule has 24 heavy (non-hydrogen) atoms. The van der Waals surface area contributed by atoms with Crippen molar-refractivity contribution >= 4 is 17.2 Å². The summed E-state index contributed by atoms with van der Waals surface area (Å²) in [6, 6.07) is 9.74. The van der Waals surface area contributed by atoms with Crippen molar-refractivity contribution in [1.82, 2.24) is 10.5 Å². The molecule has 0 saturated carbocycles. The van der Waals surface area contributed by atoms with Gasteiger partial charge in [-0.2, -0.15) is 11.3 Å². The van der Waals surface area contributed by atoms with Crippen LogP contribution in [0.5, 0.6) is 0 Å². The molecule has 0 bridgehead atoms. The van der Waals surface area contributed by atoms with Gasteiger partial charge in [0, 0.05) is 6.54 Å². The number of carbonyl (C=O) groups excluding carboxylic acids is 1. The van der Waals surface area contributed by atoms with Gasteiger partial charge in [-0.05, 0) is 47.4 Å². The van der Waals surface area contributed by atoms with Crippen LogP contribution in [0, 0.1) is 13.8 Å². The minimum Gasteiger partial charge on any atom is -0.387 e. The molecule has 5 nitrogen and oxygen atoms in total. The van der Waals surface area contributed by atoms with Crippen molar-refractivity contribution in [3.63, 3.8) is 0 Å². The molecule has 2 aromatic heterocycles. The zero-order chi connectivity index (χ0) is 17.1. The summed E-state index contributed by atoms with van der Waals surface area (Å²) in [5, 5.41) is 20.9. The molecular formula is C18H18N2O3S. The van der Waals surface area contributed by atoms with Crippen LogP contribution in [0.2, 0.25) is 0 Å². The SMILES string of the molecule is Cc1noc(C)c1C(=O)NCC(O)c1ccc(-c2ccsc2)cc1. The number of rotatable bonds is 5. The van der Waals surface area contributed by atoms with Gasteiger partial charge in [-0.15, -0.1) is 0 Å². The number of aryl methyl sites for hydroxylation is 2. The summed E-state index contributed by atoms with van der Waals surface area (Å²) in [5.41, 5.74) is 3.99. The molecule has 0 spiro atoms. The summed E-state index contributed by atoms with van der Waals surface area (Å²) < 4.78 is 4.98. The number of amides is 1. The maximum atomic E-state index is 12.2. The second kappa shape index (κ2) is 6.98. The van der Waals surface area contributed by atoms with E-state index in [1.54, 1.807) is 25.2 Å². The fourth-order valence-corrected chi connectivity index (χ4v) is 3.19. The average molecular weight is 342 g/mol. The summed E-state index contributed by atoms with van der Waals surface area (Å²) in [5.74, 6) is 0.180. The Balaban J connectivity index is 1.63. The van der Waals surface area contributed by atoms with Crippen molar-refractivity contribution in [3.05, 3.63) is 63.7 Å². The van der Waals surface area contributed by atoms with Crippen molar-refractivity contribution < 1.29 is 14.4 Å². The van der Waals surface area contributed by atoms with Crippen LogP contribution >= 0.6 is 11.3 Å². The van der Waals surface area contributed by atoms with Crippen molar-refractivity contribution in [2.24, 2.45) is 0 Å². The molecule has 1 aromatic carbocycles. The van der Waals surface area contributed by atoms with Crippen molar-refractivity contribution in [2.45, 2.75) is 20.0 Å². The zero-order valence-corrected chi connectivity index (χ0v) is 14.3. The number of carbonyl (C=O) groups is 1. The van der Waals surface area contributed by atoms with Crippen LogP contribution in [0.3, 0.4) is 0 Å². The molecule has 0 fully saturated rings. The highest BCUT2D eigenvalue weighted by molar-refractivity contribution is 7.08. The van der Waals surface area contributed by atoms with Gasteiger partial charge in [0.1, 0.15) is 11.3 Å². The van der Waals surface area contributed by atoms with Crippen LogP contribution in [-0.2, 0) is 0 Å². The highest BCUT2D eigenvalue weighted by Gasteiger charge is 2.18. The van der Waals surface area contributed by atoms with Crippen molar-refractivity contribution in [1.29, 1.82) is 0 Å². The molecule has 0 aliphatic rings. The first-order valence-corrected chi connectivity index (χ1v) is 8.52. The fourth-order valence-electron chi connectivity index (χ4n) is 2.53. The highest BCUT2D eigenvalue weighted by atomic mass is 32.1. The van der Waals surface area contributed by atoms with Gasteiger partial charge in [0.15, 0.2) is 0 Å². The smallest absolute Gasteiger partial charge is 0.256 e. The van der Waals surface area contributed by atoms with Gasteiger partial charge in [0.2, 0.25) is 0 Å². The van der Waals surface area contributed by atoms with Gasteiger partial charge in [0.05, 0.1) is 11.8 Å². The van der Waals surface area contributed by atoms with Crippen molar-refractivity contribution in [3.8, 4) is 11.1 Å². The van der Waals surface area contributed by atoms with E-state index in [0.29, 0.717) is 17.0 Å². The Bertz CT molecular complexity index is 803. The molecule has 3 aromatic rings. The van der Waals surface area contributed by atoms with Gasteiger partial charge in [0.25, 0.3) is 5.91 Å². The van der Waals surface area contributed by atoms with Crippen LogP contribution in [0.25, 0.3) is 11.1 Å². The molecule has 6 heteroatoms. The van der Waals surface area contributed by atoms with Crippen LogP contribution in [-0.4, -0.2) is 22.7 Å². The van der Waals surface area contributed by atoms with Crippen molar-refractivity contribution in [2.75, 3.05) is 6.54 Å². The summed E-state index contributed by atoms with van der Waals surface area (Å²) in [7, 11) is 0. The molecule has 2 heterocycles. The fraction of sp³-hybridized carbons (Fsp3) is 0.222. The molecule has 0 aliphatic carbocycles. The summed E-state index contributed by atoms with van der Waals surface area (Å²) in [4.78, 5) is 12.2. The van der Waals surface area contributed by atoms with Crippen LogP contribution in [0.4, 0.5) is 0 Å². The summed E-state index contributed by atoms with van der Waals surface area (Å²) >= 11 is 1.65. The Morgan fingerprint density at radius 1 is 1.25 bits per heavy atom. The Morgan fingerprint density at radius 2 is 2.00 bits per heavy atom. The Labute approximate surface area is 143 Å². The first kappa shape index (κ1) is 16.4. The quantitative estimate of drug-likeness (QED) is 0.744. The molecule has 1 unspecified atom stereocenters. The number of aliphatic hydroxyl groups excluding tert-OH is 1. The minimum atomic E-state index is -0.772. The predicted octanol–water partition coefficient (Wildman–Crippen LogP) is 3.48. The standard InChI is InChI=1S/C18H18N2O3S/c1-11-17(12(2)23-20-11)18(22)19-9-16(21)14-5-3-13(4-6-14)15-7-8-24-10-15/h3-8,10,16,21H,9H2,1-2H3,(H,19,22). The lowest BCUT2D eigenvalue weighted by atomic mass is 10.0. The van der Waals surface area contributed by atoms with E-state index >= 15 is 0 Å². The largest absolute Gasteiger partial charge is 0.387 e. The van der Waals surface area contributed by atoms with E-state index in [1.165, 1.54) is 0 Å². The van der Waals surface area contributed by atoms with Gasteiger partial charge in [-0.3, -0.25) is 4.79 Å². The lowest BCUT2D eigenvalue weighted by Gasteiger charge is -2.13. The number of benzene rings is 1. The molecule has 0 radical (unpaired) electrons. The molecule has 0 saturated heterocycles. The Hall–Kier alpha value is -2.44. The van der Waals surface area contributed by atoms with Crippen LogP contribution in [0.1, 0.15) is 33.5 Å². The lowest BCUT2D eigenvalue weighted by Crippen LogP contribution is -2.29. The predicted molar refractivity (Wildman–Crippen MR) is 93.0 cm³/mol. The maximum Gasteiger partial charge on any atom is 0.256 e. The van der Waals surface area contributed by atoms with Gasteiger partial charge in [-0.1, -0.05) is 29.4 Å². The third-order valence-electron chi connectivity index (χ3n) is 3.87. The van der Waals surface area contributed by atoms with Gasteiger partial charge in [-0.25, -0.2) is 0 Å². The monoisotopic (exact) mass is 342 g/mol. The van der Waals surface area contributed by atoms with Gasteiger partial charge >= 0.3 is 0 Å². The number of hydrogen-bond acceptors (Lipinski definition) is 5. The normalized spacial score (nSPS) is 12.1. The number of thiophene rings is 1.